The molecule has 25 heavy (non-hydrogen) atoms. The standard InChI is InChI=1S/C19H23N3O3/c1-5-16-11-17(25-22-16)7-6-8-23-18-12(2)9-15(10-13(18)3)19-21-20-14(4)24-19/h9-11H,5-8H2,1-4H3. The Balaban J connectivity index is 1.60. The predicted octanol–water partition coefficient (Wildman–Crippen LogP) is 4.22. The number of aromatic nitrogens is 3. The molecule has 0 bridgehead atoms. The lowest BCUT2D eigenvalue weighted by Gasteiger charge is -2.13. The highest BCUT2D eigenvalue weighted by Gasteiger charge is 2.12. The molecule has 0 unspecified atom stereocenters. The van der Waals surface area contributed by atoms with Gasteiger partial charge in [0.1, 0.15) is 11.5 Å². The number of benzene rings is 1. The van der Waals surface area contributed by atoms with Gasteiger partial charge in [0.05, 0.1) is 12.3 Å². The molecule has 0 aliphatic carbocycles. The van der Waals surface area contributed by atoms with E-state index in [2.05, 4.69) is 22.3 Å². The maximum Gasteiger partial charge on any atom is 0.247 e. The Hall–Kier alpha value is -2.63. The van der Waals surface area contributed by atoms with E-state index in [9.17, 15) is 0 Å². The molecule has 3 aromatic rings. The zero-order valence-corrected chi connectivity index (χ0v) is 15.1. The van der Waals surface area contributed by atoms with Gasteiger partial charge in [-0.3, -0.25) is 0 Å². The fourth-order valence-corrected chi connectivity index (χ4v) is 2.78. The Morgan fingerprint density at radius 2 is 1.80 bits per heavy atom. The summed E-state index contributed by atoms with van der Waals surface area (Å²) >= 11 is 0. The van der Waals surface area contributed by atoms with Crippen LogP contribution in [0.5, 0.6) is 5.75 Å². The number of rotatable bonds is 7. The first-order valence-corrected chi connectivity index (χ1v) is 8.55. The molecule has 2 aromatic heterocycles. The molecule has 0 saturated carbocycles. The fraction of sp³-hybridized carbons (Fsp3) is 0.421. The van der Waals surface area contributed by atoms with Gasteiger partial charge in [-0.1, -0.05) is 12.1 Å². The summed E-state index contributed by atoms with van der Waals surface area (Å²) in [4.78, 5) is 0. The zero-order chi connectivity index (χ0) is 17.8. The Bertz CT molecular complexity index is 828. The molecule has 0 N–H and O–H groups in total. The van der Waals surface area contributed by atoms with Crippen LogP contribution < -0.4 is 4.74 Å². The van der Waals surface area contributed by atoms with E-state index in [-0.39, 0.29) is 0 Å². The largest absolute Gasteiger partial charge is 0.493 e. The highest BCUT2D eigenvalue weighted by molar-refractivity contribution is 5.59. The Morgan fingerprint density at radius 3 is 2.40 bits per heavy atom. The van der Waals surface area contributed by atoms with E-state index in [4.69, 9.17) is 13.7 Å². The SMILES string of the molecule is CCc1cc(CCCOc2c(C)cc(-c3nnc(C)o3)cc2C)on1. The van der Waals surface area contributed by atoms with E-state index in [1.807, 2.05) is 32.0 Å². The van der Waals surface area contributed by atoms with Gasteiger partial charge in [0.15, 0.2) is 0 Å². The van der Waals surface area contributed by atoms with Gasteiger partial charge in [0.2, 0.25) is 11.8 Å². The van der Waals surface area contributed by atoms with Gasteiger partial charge in [-0.2, -0.15) is 0 Å². The average molecular weight is 341 g/mol. The molecular weight excluding hydrogens is 318 g/mol. The van der Waals surface area contributed by atoms with Gasteiger partial charge in [-0.15, -0.1) is 10.2 Å². The van der Waals surface area contributed by atoms with Crippen molar-refractivity contribution in [2.75, 3.05) is 6.61 Å². The van der Waals surface area contributed by atoms with Crippen molar-refractivity contribution in [2.45, 2.75) is 47.0 Å². The summed E-state index contributed by atoms with van der Waals surface area (Å²) in [5.41, 5.74) is 4.02. The quantitative estimate of drug-likeness (QED) is 0.599. The highest BCUT2D eigenvalue weighted by Crippen LogP contribution is 2.29. The van der Waals surface area contributed by atoms with E-state index >= 15 is 0 Å². The maximum absolute atomic E-state index is 5.99. The van der Waals surface area contributed by atoms with Gasteiger partial charge in [0, 0.05) is 25.0 Å². The van der Waals surface area contributed by atoms with Crippen LogP contribution in [-0.4, -0.2) is 22.0 Å². The molecular formula is C19H23N3O3. The van der Waals surface area contributed by atoms with Gasteiger partial charge in [-0.05, 0) is 49.9 Å². The number of ether oxygens (including phenoxy) is 1. The summed E-state index contributed by atoms with van der Waals surface area (Å²) in [6, 6.07) is 6.04. The van der Waals surface area contributed by atoms with E-state index in [0.717, 1.165) is 53.2 Å². The molecule has 132 valence electrons. The summed E-state index contributed by atoms with van der Waals surface area (Å²) in [6.07, 6.45) is 2.59. The molecule has 0 amide bonds. The van der Waals surface area contributed by atoms with Crippen LogP contribution in [0.25, 0.3) is 11.5 Å². The van der Waals surface area contributed by atoms with Crippen molar-refractivity contribution in [3.63, 3.8) is 0 Å². The molecule has 0 aliphatic heterocycles. The first-order valence-electron chi connectivity index (χ1n) is 8.55. The third-order valence-electron chi connectivity index (χ3n) is 4.02. The summed E-state index contributed by atoms with van der Waals surface area (Å²) in [5, 5.41) is 12.0. The lowest BCUT2D eigenvalue weighted by molar-refractivity contribution is 0.296. The van der Waals surface area contributed by atoms with Crippen molar-refractivity contribution in [3.05, 3.63) is 46.7 Å². The predicted molar refractivity (Wildman–Crippen MR) is 93.6 cm³/mol. The first kappa shape index (κ1) is 17.2. The van der Waals surface area contributed by atoms with Gasteiger partial charge in [0.25, 0.3) is 0 Å². The van der Waals surface area contributed by atoms with Gasteiger partial charge >= 0.3 is 0 Å². The molecule has 3 rings (SSSR count). The van der Waals surface area contributed by atoms with Crippen LogP contribution in [0, 0.1) is 20.8 Å². The smallest absolute Gasteiger partial charge is 0.247 e. The Kier molecular flexibility index (Phi) is 5.16. The normalized spacial score (nSPS) is 11.0. The minimum absolute atomic E-state index is 0.535. The van der Waals surface area contributed by atoms with Crippen LogP contribution in [0.4, 0.5) is 0 Å². The second-order valence-corrected chi connectivity index (χ2v) is 6.16. The summed E-state index contributed by atoms with van der Waals surface area (Å²) < 4.78 is 16.8. The van der Waals surface area contributed by atoms with Crippen LogP contribution in [-0.2, 0) is 12.8 Å². The Morgan fingerprint density at radius 1 is 1.04 bits per heavy atom. The molecule has 0 radical (unpaired) electrons. The first-order chi connectivity index (χ1) is 12.1. The topological polar surface area (TPSA) is 74.2 Å². The number of hydrogen-bond acceptors (Lipinski definition) is 6. The number of nitrogens with zero attached hydrogens (tertiary/aromatic N) is 3. The van der Waals surface area contributed by atoms with Crippen LogP contribution >= 0.6 is 0 Å². The van der Waals surface area contributed by atoms with Crippen LogP contribution in [0.3, 0.4) is 0 Å². The van der Waals surface area contributed by atoms with Gasteiger partial charge < -0.3 is 13.7 Å². The monoisotopic (exact) mass is 341 g/mol. The van der Waals surface area contributed by atoms with E-state index in [1.54, 1.807) is 6.92 Å². The number of aryl methyl sites for hydroxylation is 5. The number of hydrogen-bond donors (Lipinski definition) is 0. The lowest BCUT2D eigenvalue weighted by atomic mass is 10.1. The molecule has 0 spiro atoms. The van der Waals surface area contributed by atoms with Crippen LogP contribution in [0.1, 0.15) is 41.8 Å². The van der Waals surface area contributed by atoms with Crippen molar-refractivity contribution >= 4 is 0 Å². The molecule has 1 aromatic carbocycles. The fourth-order valence-electron chi connectivity index (χ4n) is 2.78. The maximum atomic E-state index is 5.99. The Labute approximate surface area is 147 Å². The highest BCUT2D eigenvalue weighted by atomic mass is 16.5. The van der Waals surface area contributed by atoms with Crippen molar-refractivity contribution in [1.82, 2.24) is 15.4 Å². The van der Waals surface area contributed by atoms with Crippen molar-refractivity contribution in [2.24, 2.45) is 0 Å². The zero-order valence-electron chi connectivity index (χ0n) is 15.1. The third kappa shape index (κ3) is 4.07. The second-order valence-electron chi connectivity index (χ2n) is 6.16. The third-order valence-corrected chi connectivity index (χ3v) is 4.02. The van der Waals surface area contributed by atoms with Crippen LogP contribution in [0.15, 0.2) is 27.1 Å². The van der Waals surface area contributed by atoms with E-state index in [0.29, 0.717) is 18.4 Å². The second kappa shape index (κ2) is 7.51. The molecule has 0 saturated heterocycles. The minimum atomic E-state index is 0.535. The molecule has 6 nitrogen and oxygen atoms in total. The summed E-state index contributed by atoms with van der Waals surface area (Å²) in [7, 11) is 0. The molecule has 0 atom stereocenters. The lowest BCUT2D eigenvalue weighted by Crippen LogP contribution is -2.02. The van der Waals surface area contributed by atoms with Crippen molar-refractivity contribution in [1.29, 1.82) is 0 Å². The summed E-state index contributed by atoms with van der Waals surface area (Å²) in [6.45, 7) is 8.53. The molecule has 6 heteroatoms. The van der Waals surface area contributed by atoms with Gasteiger partial charge in [-0.25, -0.2) is 0 Å². The van der Waals surface area contributed by atoms with Crippen molar-refractivity contribution < 1.29 is 13.7 Å². The summed E-state index contributed by atoms with van der Waals surface area (Å²) in [5.74, 6) is 2.92. The van der Waals surface area contributed by atoms with E-state index < -0.39 is 0 Å². The molecule has 2 heterocycles. The molecule has 0 aliphatic rings. The van der Waals surface area contributed by atoms with Crippen molar-refractivity contribution in [3.8, 4) is 17.2 Å². The van der Waals surface area contributed by atoms with E-state index in [1.165, 1.54) is 0 Å². The average Bonchev–Trinajstić information content (AvgIpc) is 3.22. The minimum Gasteiger partial charge on any atom is -0.493 e. The van der Waals surface area contributed by atoms with Crippen LogP contribution in [0.2, 0.25) is 0 Å². The molecule has 0 fully saturated rings.